The van der Waals surface area contributed by atoms with Gasteiger partial charge in [0.05, 0.1) is 6.61 Å². The SMILES string of the molecule is CC1CCC(COc2cc3c(c(F)c2F)-c2c-3ccc(C3CCC(C)CC3)c2F)CC1. The molecule has 1 nitrogen and oxygen atoms in total. The summed E-state index contributed by atoms with van der Waals surface area (Å²) in [6.45, 7) is 4.88. The lowest BCUT2D eigenvalue weighted by atomic mass is 9.74. The highest BCUT2D eigenvalue weighted by Crippen LogP contribution is 2.54. The van der Waals surface area contributed by atoms with Gasteiger partial charge in [-0.3, -0.25) is 0 Å². The Morgan fingerprint density at radius 2 is 1.35 bits per heavy atom. The fraction of sp³-hybridized carbons (Fsp3) is 0.556. The molecule has 3 aliphatic carbocycles. The van der Waals surface area contributed by atoms with Crippen molar-refractivity contribution >= 4 is 0 Å². The number of fused-ring (bicyclic) bond motifs is 4. The molecule has 0 heterocycles. The van der Waals surface area contributed by atoms with E-state index < -0.39 is 11.6 Å². The maximum absolute atomic E-state index is 15.4. The van der Waals surface area contributed by atoms with Crippen LogP contribution in [-0.4, -0.2) is 6.61 Å². The highest BCUT2D eigenvalue weighted by Gasteiger charge is 2.36. The third kappa shape index (κ3) is 3.66. The summed E-state index contributed by atoms with van der Waals surface area (Å²) < 4.78 is 50.9. The van der Waals surface area contributed by atoms with Crippen LogP contribution in [-0.2, 0) is 0 Å². The van der Waals surface area contributed by atoms with E-state index >= 15 is 4.39 Å². The molecule has 2 fully saturated rings. The Kier molecular flexibility index (Phi) is 5.52. The first-order valence-electron chi connectivity index (χ1n) is 11.9. The second-order valence-electron chi connectivity index (χ2n) is 10.2. The summed E-state index contributed by atoms with van der Waals surface area (Å²) in [5.41, 5.74) is 2.20. The lowest BCUT2D eigenvalue weighted by molar-refractivity contribution is 0.182. The molecule has 4 heteroatoms. The summed E-state index contributed by atoms with van der Waals surface area (Å²) in [6.07, 6.45) is 8.51. The summed E-state index contributed by atoms with van der Waals surface area (Å²) in [4.78, 5) is 0. The van der Waals surface area contributed by atoms with Gasteiger partial charge in [-0.2, -0.15) is 4.39 Å². The van der Waals surface area contributed by atoms with Crippen LogP contribution in [0.25, 0.3) is 22.3 Å². The number of benzene rings is 2. The molecule has 0 aromatic heterocycles. The van der Waals surface area contributed by atoms with E-state index in [4.69, 9.17) is 4.74 Å². The molecule has 0 saturated heterocycles. The van der Waals surface area contributed by atoms with E-state index in [1.165, 1.54) is 0 Å². The highest BCUT2D eigenvalue weighted by atomic mass is 19.2. The fourth-order valence-corrected chi connectivity index (χ4v) is 5.75. The van der Waals surface area contributed by atoms with Crippen molar-refractivity contribution in [2.75, 3.05) is 6.61 Å². The van der Waals surface area contributed by atoms with Crippen molar-refractivity contribution < 1.29 is 17.9 Å². The smallest absolute Gasteiger partial charge is 0.201 e. The number of halogens is 3. The van der Waals surface area contributed by atoms with E-state index in [9.17, 15) is 8.78 Å². The van der Waals surface area contributed by atoms with Crippen molar-refractivity contribution in [3.8, 4) is 28.0 Å². The number of ether oxygens (including phenoxy) is 1. The standard InChI is InChI=1S/C27H31F3O/c1-15-3-7-17(8-4-15)14-31-22-13-21-20-12-11-19(18-9-5-16(2)6-10-18)25(28)23(20)24(21)27(30)26(22)29/h11-13,15-18H,3-10,14H2,1-2H3. The van der Waals surface area contributed by atoms with Gasteiger partial charge in [-0.1, -0.05) is 51.7 Å². The van der Waals surface area contributed by atoms with Crippen molar-refractivity contribution in [2.45, 2.75) is 71.1 Å². The lowest BCUT2D eigenvalue weighted by Gasteiger charge is -2.31. The Labute approximate surface area is 183 Å². The van der Waals surface area contributed by atoms with Gasteiger partial charge in [0.25, 0.3) is 0 Å². The predicted molar refractivity (Wildman–Crippen MR) is 118 cm³/mol. The van der Waals surface area contributed by atoms with Crippen LogP contribution >= 0.6 is 0 Å². The molecule has 0 amide bonds. The first-order chi connectivity index (χ1) is 14.9. The van der Waals surface area contributed by atoms with Crippen LogP contribution in [0.4, 0.5) is 13.2 Å². The largest absolute Gasteiger partial charge is 0.490 e. The quantitative estimate of drug-likeness (QED) is 0.406. The molecular weight excluding hydrogens is 397 g/mol. The van der Waals surface area contributed by atoms with E-state index in [2.05, 4.69) is 13.8 Å². The number of hydrogen-bond acceptors (Lipinski definition) is 1. The Bertz CT molecular complexity index is 983. The first-order valence-corrected chi connectivity index (χ1v) is 11.9. The molecule has 5 rings (SSSR count). The minimum Gasteiger partial charge on any atom is -0.490 e. The Hall–Kier alpha value is -1.97. The zero-order chi connectivity index (χ0) is 21.7. The van der Waals surface area contributed by atoms with Crippen LogP contribution in [0.5, 0.6) is 5.75 Å². The molecule has 0 atom stereocenters. The van der Waals surface area contributed by atoms with E-state index in [1.54, 1.807) is 6.07 Å². The summed E-state index contributed by atoms with van der Waals surface area (Å²) in [5.74, 6) is -0.437. The van der Waals surface area contributed by atoms with Crippen molar-refractivity contribution in [3.05, 3.63) is 41.2 Å². The molecule has 0 N–H and O–H groups in total. The maximum Gasteiger partial charge on any atom is 0.201 e. The molecular formula is C27H31F3O. The molecule has 2 aromatic carbocycles. The van der Waals surface area contributed by atoms with Gasteiger partial charge < -0.3 is 4.74 Å². The van der Waals surface area contributed by atoms with E-state index in [0.29, 0.717) is 35.1 Å². The number of rotatable bonds is 4. The van der Waals surface area contributed by atoms with Crippen molar-refractivity contribution in [3.63, 3.8) is 0 Å². The van der Waals surface area contributed by atoms with Crippen LogP contribution in [0.15, 0.2) is 18.2 Å². The van der Waals surface area contributed by atoms with Gasteiger partial charge in [-0.15, -0.1) is 0 Å². The summed E-state index contributed by atoms with van der Waals surface area (Å²) >= 11 is 0. The Balaban J connectivity index is 1.38. The average Bonchev–Trinajstić information content (AvgIpc) is 2.75. The van der Waals surface area contributed by atoms with E-state index in [-0.39, 0.29) is 28.6 Å². The van der Waals surface area contributed by atoms with E-state index in [0.717, 1.165) is 57.3 Å². The van der Waals surface area contributed by atoms with Gasteiger partial charge >= 0.3 is 0 Å². The van der Waals surface area contributed by atoms with Crippen molar-refractivity contribution in [2.24, 2.45) is 17.8 Å². The molecule has 31 heavy (non-hydrogen) atoms. The molecule has 2 saturated carbocycles. The van der Waals surface area contributed by atoms with Gasteiger partial charge in [-0.05, 0) is 72.1 Å². The van der Waals surface area contributed by atoms with Gasteiger partial charge in [0.15, 0.2) is 11.6 Å². The Morgan fingerprint density at radius 3 is 2.03 bits per heavy atom. The Morgan fingerprint density at radius 1 is 0.742 bits per heavy atom. The normalized spacial score (nSPS) is 27.3. The topological polar surface area (TPSA) is 9.23 Å². The van der Waals surface area contributed by atoms with Gasteiger partial charge in [0.2, 0.25) is 5.82 Å². The van der Waals surface area contributed by atoms with Crippen molar-refractivity contribution in [1.29, 1.82) is 0 Å². The first kappa shape index (κ1) is 20.9. The van der Waals surface area contributed by atoms with E-state index in [1.807, 2.05) is 12.1 Å². The van der Waals surface area contributed by atoms with Gasteiger partial charge in [0.1, 0.15) is 5.82 Å². The zero-order valence-corrected chi connectivity index (χ0v) is 18.4. The van der Waals surface area contributed by atoms with Crippen LogP contribution in [0.3, 0.4) is 0 Å². The molecule has 166 valence electrons. The zero-order valence-electron chi connectivity index (χ0n) is 18.4. The average molecular weight is 429 g/mol. The van der Waals surface area contributed by atoms with Gasteiger partial charge in [-0.25, -0.2) is 8.78 Å². The molecule has 0 bridgehead atoms. The van der Waals surface area contributed by atoms with Crippen LogP contribution in [0.1, 0.15) is 76.7 Å². The molecule has 0 aliphatic heterocycles. The lowest BCUT2D eigenvalue weighted by Crippen LogP contribution is -2.19. The third-order valence-electron chi connectivity index (χ3n) is 7.95. The fourth-order valence-electron chi connectivity index (χ4n) is 5.75. The van der Waals surface area contributed by atoms with Gasteiger partial charge in [0, 0.05) is 11.1 Å². The molecule has 0 unspecified atom stereocenters. The summed E-state index contributed by atoms with van der Waals surface area (Å²) in [7, 11) is 0. The molecule has 2 aromatic rings. The van der Waals surface area contributed by atoms with Crippen molar-refractivity contribution in [1.82, 2.24) is 0 Å². The summed E-state index contributed by atoms with van der Waals surface area (Å²) in [5, 5.41) is 0. The second kappa shape index (κ2) is 8.18. The molecule has 3 aliphatic rings. The second-order valence-corrected chi connectivity index (χ2v) is 10.2. The molecule has 0 radical (unpaired) electrons. The minimum absolute atomic E-state index is 0.0497. The monoisotopic (exact) mass is 428 g/mol. The minimum atomic E-state index is -0.995. The van der Waals surface area contributed by atoms with Crippen LogP contribution in [0, 0.1) is 35.2 Å². The van der Waals surface area contributed by atoms with Crippen LogP contribution in [0.2, 0.25) is 0 Å². The van der Waals surface area contributed by atoms with Crippen LogP contribution < -0.4 is 4.74 Å². The maximum atomic E-state index is 15.4. The highest BCUT2D eigenvalue weighted by molar-refractivity contribution is 6.03. The summed E-state index contributed by atoms with van der Waals surface area (Å²) in [6, 6.07) is 5.28. The third-order valence-corrected chi connectivity index (χ3v) is 7.95. The molecule has 0 spiro atoms. The number of hydrogen-bond donors (Lipinski definition) is 0. The predicted octanol–water partition coefficient (Wildman–Crippen LogP) is 8.25.